The molecule has 0 saturated carbocycles. The molecule has 10 heteroatoms. The zero-order chi connectivity index (χ0) is 17.3. The molecule has 5 nitrogen and oxygen atoms in total. The summed E-state index contributed by atoms with van der Waals surface area (Å²) in [4.78, 5) is 0.407. The van der Waals surface area contributed by atoms with Crippen molar-refractivity contribution < 1.29 is 13.2 Å². The van der Waals surface area contributed by atoms with Crippen LogP contribution in [-0.4, -0.2) is 26.7 Å². The van der Waals surface area contributed by atoms with E-state index >= 15 is 0 Å². The predicted octanol–water partition coefficient (Wildman–Crippen LogP) is 4.12. The number of hydrogen-bond donors (Lipinski definition) is 0. The molecule has 0 spiro atoms. The number of methoxy groups -OCH3 is 1. The van der Waals surface area contributed by atoms with Gasteiger partial charge in [0.05, 0.1) is 21.2 Å². The predicted molar refractivity (Wildman–Crippen MR) is 101 cm³/mol. The highest BCUT2D eigenvalue weighted by Crippen LogP contribution is 2.27. The largest absolute Gasteiger partial charge is 0.383 e. The van der Waals surface area contributed by atoms with Gasteiger partial charge in [0.15, 0.2) is 0 Å². The molecule has 2 heterocycles. The van der Waals surface area contributed by atoms with Gasteiger partial charge in [-0.2, -0.15) is 8.42 Å². The molecule has 0 fully saturated rings. The highest BCUT2D eigenvalue weighted by molar-refractivity contribution is 9.10. The third kappa shape index (κ3) is 3.76. The molecule has 0 bridgehead atoms. The first kappa shape index (κ1) is 18.1. The summed E-state index contributed by atoms with van der Waals surface area (Å²) in [6.07, 6.45) is 0. The summed E-state index contributed by atoms with van der Waals surface area (Å²) in [6.45, 7) is 0.970. The summed E-state index contributed by atoms with van der Waals surface area (Å²) in [5.41, 5.74) is 0.915. The van der Waals surface area contributed by atoms with Gasteiger partial charge in [-0.25, -0.2) is 0 Å². The molecule has 2 aromatic heterocycles. The second-order valence-corrected chi connectivity index (χ2v) is 10.2. The number of hydrogen-bond acceptors (Lipinski definition) is 5. The first-order valence-electron chi connectivity index (χ1n) is 6.75. The summed E-state index contributed by atoms with van der Waals surface area (Å²) in [5.74, 6) is 0. The Morgan fingerprint density at radius 2 is 2.08 bits per heavy atom. The van der Waals surface area contributed by atoms with E-state index in [4.69, 9.17) is 16.3 Å². The van der Waals surface area contributed by atoms with Crippen LogP contribution < -0.4 is 4.80 Å². The summed E-state index contributed by atoms with van der Waals surface area (Å²) < 4.78 is 38.5. The number of aromatic nitrogens is 1. The first-order valence-corrected chi connectivity index (χ1v) is 11.0. The van der Waals surface area contributed by atoms with E-state index in [1.165, 1.54) is 17.4 Å². The smallest absolute Gasteiger partial charge is 0.294 e. The monoisotopic (exact) mass is 466 g/mol. The maximum Gasteiger partial charge on any atom is 0.294 e. The maximum atomic E-state index is 12.5. The second-order valence-electron chi connectivity index (χ2n) is 4.77. The van der Waals surface area contributed by atoms with Crippen LogP contribution in [-0.2, 0) is 21.3 Å². The van der Waals surface area contributed by atoms with Gasteiger partial charge in [0, 0.05) is 18.1 Å². The molecule has 0 saturated heterocycles. The Labute approximate surface area is 160 Å². The fourth-order valence-electron chi connectivity index (χ4n) is 2.10. The maximum absolute atomic E-state index is 12.5. The molecule has 0 aliphatic heterocycles. The lowest BCUT2D eigenvalue weighted by Gasteiger charge is -2.04. The van der Waals surface area contributed by atoms with E-state index in [0.717, 1.165) is 26.0 Å². The van der Waals surface area contributed by atoms with Gasteiger partial charge in [-0.3, -0.25) is 0 Å². The Kier molecular flexibility index (Phi) is 5.48. The van der Waals surface area contributed by atoms with Crippen LogP contribution in [0.4, 0.5) is 0 Å². The Bertz CT molecular complexity index is 1050. The average molecular weight is 468 g/mol. The van der Waals surface area contributed by atoms with E-state index in [-0.39, 0.29) is 4.21 Å². The number of rotatable bonds is 5. The standard InChI is InChI=1S/C14H12BrClN2O3S3/c1-21-7-6-18-10-3-2-9(15)8-11(10)22-14(18)17-24(19,20)13-5-4-12(16)23-13/h2-5,8H,6-7H2,1H3. The minimum atomic E-state index is -3.80. The molecule has 0 atom stereocenters. The minimum absolute atomic E-state index is 0.129. The van der Waals surface area contributed by atoms with E-state index in [0.29, 0.717) is 22.3 Å². The number of sulfonamides is 1. The van der Waals surface area contributed by atoms with Gasteiger partial charge in [-0.1, -0.05) is 38.9 Å². The fourth-order valence-corrected chi connectivity index (χ4v) is 6.37. The zero-order valence-corrected chi connectivity index (χ0v) is 17.2. The summed E-state index contributed by atoms with van der Waals surface area (Å²) >= 11 is 11.6. The average Bonchev–Trinajstić information content (AvgIpc) is 3.08. The molecule has 24 heavy (non-hydrogen) atoms. The van der Waals surface area contributed by atoms with E-state index in [1.807, 2.05) is 22.8 Å². The van der Waals surface area contributed by atoms with Gasteiger partial charge in [-0.15, -0.1) is 15.7 Å². The van der Waals surface area contributed by atoms with Crippen LogP contribution in [0.25, 0.3) is 10.2 Å². The fraction of sp³-hybridized carbons (Fsp3) is 0.214. The van der Waals surface area contributed by atoms with E-state index in [1.54, 1.807) is 13.2 Å². The van der Waals surface area contributed by atoms with Crippen molar-refractivity contribution in [2.24, 2.45) is 4.40 Å². The molecule has 3 aromatic rings. The van der Waals surface area contributed by atoms with Gasteiger partial charge >= 0.3 is 0 Å². The summed E-state index contributed by atoms with van der Waals surface area (Å²) in [5, 5.41) is 0. The van der Waals surface area contributed by atoms with Crippen LogP contribution in [0, 0.1) is 0 Å². The number of fused-ring (bicyclic) bond motifs is 1. The van der Waals surface area contributed by atoms with Crippen molar-refractivity contribution in [1.29, 1.82) is 0 Å². The second kappa shape index (κ2) is 7.27. The van der Waals surface area contributed by atoms with Crippen molar-refractivity contribution in [3.63, 3.8) is 0 Å². The molecule has 0 radical (unpaired) electrons. The molecular weight excluding hydrogens is 456 g/mol. The number of thiazole rings is 1. The SMILES string of the molecule is COCCn1c(=NS(=O)(=O)c2ccc(Cl)s2)sc2cc(Br)ccc21. The van der Waals surface area contributed by atoms with Crippen molar-refractivity contribution >= 4 is 70.4 Å². The molecule has 0 N–H and O–H groups in total. The highest BCUT2D eigenvalue weighted by atomic mass is 79.9. The van der Waals surface area contributed by atoms with Crippen LogP contribution in [0.5, 0.6) is 0 Å². The number of thiophene rings is 1. The van der Waals surface area contributed by atoms with Crippen LogP contribution >= 0.6 is 50.2 Å². The van der Waals surface area contributed by atoms with Crippen LogP contribution in [0.2, 0.25) is 4.34 Å². The van der Waals surface area contributed by atoms with Crippen LogP contribution in [0.1, 0.15) is 0 Å². The quantitative estimate of drug-likeness (QED) is 0.567. The Morgan fingerprint density at radius 1 is 1.29 bits per heavy atom. The third-order valence-electron chi connectivity index (χ3n) is 3.16. The Hall–Kier alpha value is -0.710. The molecular formula is C14H12BrClN2O3S3. The van der Waals surface area contributed by atoms with Crippen molar-refractivity contribution in [3.05, 3.63) is 43.9 Å². The van der Waals surface area contributed by atoms with Crippen molar-refractivity contribution in [2.75, 3.05) is 13.7 Å². The lowest BCUT2D eigenvalue weighted by molar-refractivity contribution is 0.187. The molecule has 0 aliphatic rings. The lowest BCUT2D eigenvalue weighted by Crippen LogP contribution is -2.19. The van der Waals surface area contributed by atoms with Gasteiger partial charge in [0.1, 0.15) is 4.21 Å². The third-order valence-corrected chi connectivity index (χ3v) is 7.78. The minimum Gasteiger partial charge on any atom is -0.383 e. The Morgan fingerprint density at radius 3 is 2.75 bits per heavy atom. The van der Waals surface area contributed by atoms with E-state index < -0.39 is 10.0 Å². The normalized spacial score (nSPS) is 13.0. The molecule has 1 aromatic carbocycles. The lowest BCUT2D eigenvalue weighted by atomic mass is 10.3. The van der Waals surface area contributed by atoms with Crippen molar-refractivity contribution in [2.45, 2.75) is 10.8 Å². The molecule has 0 aliphatic carbocycles. The highest BCUT2D eigenvalue weighted by Gasteiger charge is 2.17. The summed E-state index contributed by atoms with van der Waals surface area (Å²) in [7, 11) is -2.20. The van der Waals surface area contributed by atoms with Crippen LogP contribution in [0.15, 0.2) is 43.4 Å². The van der Waals surface area contributed by atoms with E-state index in [9.17, 15) is 8.42 Å². The topological polar surface area (TPSA) is 60.7 Å². The van der Waals surface area contributed by atoms with Gasteiger partial charge in [-0.05, 0) is 30.3 Å². The van der Waals surface area contributed by atoms with Gasteiger partial charge in [0.25, 0.3) is 10.0 Å². The molecule has 3 rings (SSSR count). The number of nitrogens with zero attached hydrogens (tertiary/aromatic N) is 2. The number of ether oxygens (including phenoxy) is 1. The van der Waals surface area contributed by atoms with Crippen molar-refractivity contribution in [3.8, 4) is 0 Å². The number of halogens is 2. The van der Waals surface area contributed by atoms with E-state index in [2.05, 4.69) is 20.3 Å². The molecule has 128 valence electrons. The Balaban J connectivity index is 2.20. The first-order chi connectivity index (χ1) is 11.4. The summed E-state index contributed by atoms with van der Waals surface area (Å²) in [6, 6.07) is 8.80. The van der Waals surface area contributed by atoms with Crippen LogP contribution in [0.3, 0.4) is 0 Å². The molecule has 0 amide bonds. The molecule has 0 unspecified atom stereocenters. The van der Waals surface area contributed by atoms with Gasteiger partial charge in [0.2, 0.25) is 4.80 Å². The van der Waals surface area contributed by atoms with Gasteiger partial charge < -0.3 is 9.30 Å². The van der Waals surface area contributed by atoms with Crippen molar-refractivity contribution in [1.82, 2.24) is 4.57 Å². The zero-order valence-electron chi connectivity index (χ0n) is 12.4. The number of benzene rings is 1.